The van der Waals surface area contributed by atoms with Crippen LogP contribution in [0.2, 0.25) is 5.02 Å². The molecule has 0 aliphatic carbocycles. The zero-order chi connectivity index (χ0) is 16.9. The maximum atomic E-state index is 12.1. The molecule has 24 heavy (non-hydrogen) atoms. The molecule has 0 radical (unpaired) electrons. The first kappa shape index (κ1) is 16.3. The average Bonchev–Trinajstić information content (AvgIpc) is 2.60. The summed E-state index contributed by atoms with van der Waals surface area (Å²) in [6, 6.07) is 21.1. The topological polar surface area (TPSA) is 38.3 Å². The second kappa shape index (κ2) is 7.37. The molecule has 122 valence electrons. The Bertz CT molecular complexity index is 840. The molecular formula is C20H18ClNO2. The number of nitrogens with one attached hydrogen (secondary N) is 1. The Balaban J connectivity index is 1.62. The fraction of sp³-hybridized carbons (Fsp3) is 0.150. The normalized spacial score (nSPS) is 11.9. The van der Waals surface area contributed by atoms with E-state index >= 15 is 0 Å². The third-order valence-electron chi connectivity index (χ3n) is 3.86. The molecule has 1 N–H and O–H groups in total. The van der Waals surface area contributed by atoms with Gasteiger partial charge in [0, 0.05) is 10.4 Å². The zero-order valence-electron chi connectivity index (χ0n) is 13.3. The maximum Gasteiger partial charge on any atom is 0.258 e. The first-order valence-corrected chi connectivity index (χ1v) is 8.16. The van der Waals surface area contributed by atoms with Crippen LogP contribution >= 0.6 is 11.6 Å². The second-order valence-corrected chi connectivity index (χ2v) is 6.04. The second-order valence-electron chi connectivity index (χ2n) is 5.61. The minimum atomic E-state index is -0.162. The summed E-state index contributed by atoms with van der Waals surface area (Å²) in [5.74, 6) is 0.549. The number of halogens is 1. The van der Waals surface area contributed by atoms with Crippen LogP contribution in [-0.2, 0) is 4.79 Å². The van der Waals surface area contributed by atoms with Crippen LogP contribution in [0.15, 0.2) is 66.7 Å². The Morgan fingerprint density at radius 2 is 1.75 bits per heavy atom. The van der Waals surface area contributed by atoms with E-state index in [0.29, 0.717) is 10.8 Å². The van der Waals surface area contributed by atoms with Crippen molar-refractivity contribution >= 4 is 28.3 Å². The zero-order valence-corrected chi connectivity index (χ0v) is 14.1. The van der Waals surface area contributed by atoms with Gasteiger partial charge in [-0.2, -0.15) is 0 Å². The number of hydrogen-bond donors (Lipinski definition) is 1. The van der Waals surface area contributed by atoms with E-state index in [2.05, 4.69) is 5.32 Å². The van der Waals surface area contributed by atoms with E-state index in [0.717, 1.165) is 16.3 Å². The van der Waals surface area contributed by atoms with Gasteiger partial charge in [-0.05, 0) is 36.1 Å². The summed E-state index contributed by atoms with van der Waals surface area (Å²) in [6.07, 6.45) is 0. The summed E-state index contributed by atoms with van der Waals surface area (Å²) in [5, 5.41) is 5.69. The fourth-order valence-corrected chi connectivity index (χ4v) is 2.71. The van der Waals surface area contributed by atoms with Gasteiger partial charge in [-0.25, -0.2) is 0 Å². The van der Waals surface area contributed by atoms with Gasteiger partial charge in [0.1, 0.15) is 5.75 Å². The van der Waals surface area contributed by atoms with Gasteiger partial charge in [0.05, 0.1) is 6.04 Å². The van der Waals surface area contributed by atoms with Gasteiger partial charge < -0.3 is 10.1 Å². The molecule has 0 aliphatic rings. The summed E-state index contributed by atoms with van der Waals surface area (Å²) in [6.45, 7) is 1.91. The van der Waals surface area contributed by atoms with Crippen molar-refractivity contribution in [2.75, 3.05) is 6.61 Å². The lowest BCUT2D eigenvalue weighted by Crippen LogP contribution is -2.31. The molecule has 0 aliphatic heterocycles. The van der Waals surface area contributed by atoms with Crippen LogP contribution in [-0.4, -0.2) is 12.5 Å². The highest BCUT2D eigenvalue weighted by molar-refractivity contribution is 6.30. The molecule has 0 fully saturated rings. The lowest BCUT2D eigenvalue weighted by molar-refractivity contribution is -0.123. The van der Waals surface area contributed by atoms with E-state index in [1.54, 1.807) is 0 Å². The van der Waals surface area contributed by atoms with Crippen LogP contribution in [0.4, 0.5) is 0 Å². The molecule has 0 aromatic heterocycles. The van der Waals surface area contributed by atoms with Gasteiger partial charge in [0.25, 0.3) is 5.91 Å². The van der Waals surface area contributed by atoms with E-state index in [9.17, 15) is 4.79 Å². The van der Waals surface area contributed by atoms with Gasteiger partial charge in [-0.3, -0.25) is 4.79 Å². The number of fused-ring (bicyclic) bond motifs is 1. The molecule has 0 heterocycles. The predicted molar refractivity (Wildman–Crippen MR) is 97.5 cm³/mol. The van der Waals surface area contributed by atoms with E-state index in [4.69, 9.17) is 16.3 Å². The molecule has 1 atom stereocenters. The van der Waals surface area contributed by atoms with Crippen molar-refractivity contribution in [3.63, 3.8) is 0 Å². The van der Waals surface area contributed by atoms with Crippen molar-refractivity contribution in [3.8, 4) is 5.75 Å². The third-order valence-corrected chi connectivity index (χ3v) is 4.11. The van der Waals surface area contributed by atoms with E-state index < -0.39 is 0 Å². The number of carbonyl (C=O) groups is 1. The standard InChI is InChI=1S/C20H18ClNO2/c1-14(15-9-11-17(21)12-10-15)22-20(23)13-24-19-8-4-6-16-5-2-3-7-18(16)19/h2-12,14H,13H2,1H3,(H,22,23)/t14-/m0/s1. The molecule has 1 amide bonds. The molecule has 3 aromatic carbocycles. The molecule has 0 bridgehead atoms. The Hall–Kier alpha value is -2.52. The van der Waals surface area contributed by atoms with Gasteiger partial charge in [-0.15, -0.1) is 0 Å². The van der Waals surface area contributed by atoms with Crippen molar-refractivity contribution in [3.05, 3.63) is 77.3 Å². The largest absolute Gasteiger partial charge is 0.483 e. The fourth-order valence-electron chi connectivity index (χ4n) is 2.58. The highest BCUT2D eigenvalue weighted by Gasteiger charge is 2.11. The van der Waals surface area contributed by atoms with Crippen LogP contribution in [0, 0.1) is 0 Å². The third kappa shape index (κ3) is 3.87. The van der Waals surface area contributed by atoms with Crippen molar-refractivity contribution in [1.82, 2.24) is 5.32 Å². The SMILES string of the molecule is C[C@H](NC(=O)COc1cccc2ccccc12)c1ccc(Cl)cc1. The Morgan fingerprint density at radius 1 is 1.04 bits per heavy atom. The summed E-state index contributed by atoms with van der Waals surface area (Å²) in [5.41, 5.74) is 0.998. The molecule has 0 saturated carbocycles. The Kier molecular flexibility index (Phi) is 5.02. The predicted octanol–water partition coefficient (Wildman–Crippen LogP) is 4.75. The van der Waals surface area contributed by atoms with Gasteiger partial charge >= 0.3 is 0 Å². The molecule has 3 rings (SSSR count). The molecule has 4 heteroatoms. The highest BCUT2D eigenvalue weighted by Crippen LogP contribution is 2.25. The maximum absolute atomic E-state index is 12.1. The van der Waals surface area contributed by atoms with E-state index in [1.807, 2.05) is 73.7 Å². The first-order valence-electron chi connectivity index (χ1n) is 7.79. The minimum absolute atomic E-state index is 0.0219. The van der Waals surface area contributed by atoms with E-state index in [-0.39, 0.29) is 18.6 Å². The van der Waals surface area contributed by atoms with Gasteiger partial charge in [-0.1, -0.05) is 60.1 Å². The van der Waals surface area contributed by atoms with Crippen LogP contribution in [0.3, 0.4) is 0 Å². The lowest BCUT2D eigenvalue weighted by atomic mass is 10.1. The highest BCUT2D eigenvalue weighted by atomic mass is 35.5. The lowest BCUT2D eigenvalue weighted by Gasteiger charge is -2.15. The minimum Gasteiger partial charge on any atom is -0.483 e. The smallest absolute Gasteiger partial charge is 0.258 e. The summed E-state index contributed by atoms with van der Waals surface area (Å²) in [4.78, 5) is 12.1. The van der Waals surface area contributed by atoms with E-state index in [1.165, 1.54) is 0 Å². The van der Waals surface area contributed by atoms with Crippen molar-refractivity contribution in [1.29, 1.82) is 0 Å². The molecule has 3 nitrogen and oxygen atoms in total. The number of amides is 1. The number of carbonyl (C=O) groups excluding carboxylic acids is 1. The number of hydrogen-bond acceptors (Lipinski definition) is 2. The number of ether oxygens (including phenoxy) is 1. The molecule has 0 unspecified atom stereocenters. The monoisotopic (exact) mass is 339 g/mol. The van der Waals surface area contributed by atoms with Crippen molar-refractivity contribution < 1.29 is 9.53 Å². The summed E-state index contributed by atoms with van der Waals surface area (Å²) >= 11 is 5.88. The molecule has 3 aromatic rings. The van der Waals surface area contributed by atoms with Crippen molar-refractivity contribution in [2.45, 2.75) is 13.0 Å². The van der Waals surface area contributed by atoms with Crippen LogP contribution < -0.4 is 10.1 Å². The van der Waals surface area contributed by atoms with Gasteiger partial charge in [0.15, 0.2) is 6.61 Å². The van der Waals surface area contributed by atoms with Crippen LogP contribution in [0.1, 0.15) is 18.5 Å². The van der Waals surface area contributed by atoms with Crippen molar-refractivity contribution in [2.24, 2.45) is 0 Å². The molecule has 0 saturated heterocycles. The van der Waals surface area contributed by atoms with Crippen LogP contribution in [0.25, 0.3) is 10.8 Å². The number of rotatable bonds is 5. The quantitative estimate of drug-likeness (QED) is 0.728. The average molecular weight is 340 g/mol. The molecular weight excluding hydrogens is 322 g/mol. The summed E-state index contributed by atoms with van der Waals surface area (Å²) < 4.78 is 5.70. The Morgan fingerprint density at radius 3 is 2.54 bits per heavy atom. The molecule has 0 spiro atoms. The number of benzene rings is 3. The first-order chi connectivity index (χ1) is 11.6. The van der Waals surface area contributed by atoms with Crippen LogP contribution in [0.5, 0.6) is 5.75 Å². The summed E-state index contributed by atoms with van der Waals surface area (Å²) in [7, 11) is 0. The Labute approximate surface area is 146 Å². The van der Waals surface area contributed by atoms with Gasteiger partial charge in [0.2, 0.25) is 0 Å².